The van der Waals surface area contributed by atoms with E-state index in [1.165, 1.54) is 19.3 Å². The van der Waals surface area contributed by atoms with Crippen LogP contribution in [0.4, 0.5) is 0 Å². The zero-order chi connectivity index (χ0) is 8.81. The van der Waals surface area contributed by atoms with Gasteiger partial charge < -0.3 is 0 Å². The Kier molecular flexibility index (Phi) is 4.30. The smallest absolute Gasteiger partial charge is 0.146 e. The van der Waals surface area contributed by atoms with Crippen LogP contribution >= 0.6 is 0 Å². The molecule has 0 unspecified atom stereocenters. The van der Waals surface area contributed by atoms with Crippen LogP contribution in [0.3, 0.4) is 0 Å². The highest BCUT2D eigenvalue weighted by Gasteiger charge is 2.15. The first-order chi connectivity index (χ1) is 5.83. The molecule has 1 heterocycles. The highest BCUT2D eigenvalue weighted by molar-refractivity contribution is 5.81. The third-order valence-electron chi connectivity index (χ3n) is 2.41. The SMILES string of the molecule is CCCCCN1CCCC(=O)C1. The molecule has 0 spiro atoms. The zero-order valence-electron chi connectivity index (χ0n) is 8.01. The zero-order valence-corrected chi connectivity index (χ0v) is 8.01. The minimum atomic E-state index is 0.428. The summed E-state index contributed by atoms with van der Waals surface area (Å²) in [4.78, 5) is 13.4. The van der Waals surface area contributed by atoms with E-state index in [9.17, 15) is 4.79 Å². The fourth-order valence-electron chi connectivity index (χ4n) is 1.68. The van der Waals surface area contributed by atoms with E-state index in [4.69, 9.17) is 0 Å². The van der Waals surface area contributed by atoms with Crippen molar-refractivity contribution < 1.29 is 4.79 Å². The molecule has 0 saturated carbocycles. The van der Waals surface area contributed by atoms with E-state index in [0.717, 1.165) is 25.9 Å². The number of carbonyl (C=O) groups is 1. The van der Waals surface area contributed by atoms with E-state index in [0.29, 0.717) is 12.3 Å². The number of carbonyl (C=O) groups excluding carboxylic acids is 1. The average Bonchev–Trinajstić information content (AvgIpc) is 2.05. The molecule has 1 rings (SSSR count). The Labute approximate surface area is 74.9 Å². The Balaban J connectivity index is 2.10. The summed E-state index contributed by atoms with van der Waals surface area (Å²) in [6.07, 6.45) is 5.70. The van der Waals surface area contributed by atoms with Crippen LogP contribution < -0.4 is 0 Å². The molecule has 0 bridgehead atoms. The van der Waals surface area contributed by atoms with Crippen LogP contribution in [-0.2, 0) is 4.79 Å². The van der Waals surface area contributed by atoms with Crippen LogP contribution in [0.1, 0.15) is 39.0 Å². The molecule has 2 nitrogen and oxygen atoms in total. The van der Waals surface area contributed by atoms with Crippen molar-refractivity contribution in [2.75, 3.05) is 19.6 Å². The number of hydrogen-bond acceptors (Lipinski definition) is 2. The summed E-state index contributed by atoms with van der Waals surface area (Å²) < 4.78 is 0. The van der Waals surface area contributed by atoms with E-state index >= 15 is 0 Å². The van der Waals surface area contributed by atoms with Crippen molar-refractivity contribution in [3.63, 3.8) is 0 Å². The largest absolute Gasteiger partial charge is 0.298 e. The lowest BCUT2D eigenvalue weighted by Crippen LogP contribution is -2.36. The third-order valence-corrected chi connectivity index (χ3v) is 2.41. The number of piperidine rings is 1. The fourth-order valence-corrected chi connectivity index (χ4v) is 1.68. The van der Waals surface area contributed by atoms with Crippen LogP contribution in [0.25, 0.3) is 0 Å². The standard InChI is InChI=1S/C10H19NO/c1-2-3-4-7-11-8-5-6-10(12)9-11/h2-9H2,1H3. The molecule has 1 fully saturated rings. The van der Waals surface area contributed by atoms with Gasteiger partial charge in [0.25, 0.3) is 0 Å². The summed E-state index contributed by atoms with van der Waals surface area (Å²) in [7, 11) is 0. The van der Waals surface area contributed by atoms with Crippen molar-refractivity contribution in [1.29, 1.82) is 0 Å². The second kappa shape index (κ2) is 5.31. The van der Waals surface area contributed by atoms with Gasteiger partial charge in [-0.05, 0) is 25.9 Å². The number of rotatable bonds is 4. The molecule has 1 aliphatic rings. The molecule has 0 N–H and O–H groups in total. The number of likely N-dealkylation sites (tertiary alicyclic amines) is 1. The summed E-state index contributed by atoms with van der Waals surface area (Å²) in [5.74, 6) is 0.428. The van der Waals surface area contributed by atoms with E-state index < -0.39 is 0 Å². The van der Waals surface area contributed by atoms with Crippen LogP contribution in [0.15, 0.2) is 0 Å². The van der Waals surface area contributed by atoms with E-state index in [1.54, 1.807) is 0 Å². The van der Waals surface area contributed by atoms with Gasteiger partial charge in [0, 0.05) is 6.42 Å². The van der Waals surface area contributed by atoms with Crippen LogP contribution in [0.2, 0.25) is 0 Å². The molecule has 1 saturated heterocycles. The summed E-state index contributed by atoms with van der Waals surface area (Å²) in [6, 6.07) is 0. The van der Waals surface area contributed by atoms with Gasteiger partial charge in [-0.2, -0.15) is 0 Å². The maximum Gasteiger partial charge on any atom is 0.146 e. The van der Waals surface area contributed by atoms with Gasteiger partial charge in [-0.25, -0.2) is 0 Å². The Morgan fingerprint density at radius 1 is 1.42 bits per heavy atom. The summed E-state index contributed by atoms with van der Waals surface area (Å²) in [6.45, 7) is 5.18. The van der Waals surface area contributed by atoms with Gasteiger partial charge >= 0.3 is 0 Å². The molecule has 70 valence electrons. The average molecular weight is 169 g/mol. The van der Waals surface area contributed by atoms with Gasteiger partial charge in [-0.1, -0.05) is 19.8 Å². The summed E-state index contributed by atoms with van der Waals surface area (Å²) >= 11 is 0. The Morgan fingerprint density at radius 2 is 2.25 bits per heavy atom. The molecular weight excluding hydrogens is 150 g/mol. The first-order valence-electron chi connectivity index (χ1n) is 5.07. The molecule has 2 heteroatoms. The number of ketones is 1. The molecule has 12 heavy (non-hydrogen) atoms. The van der Waals surface area contributed by atoms with Gasteiger partial charge in [0.2, 0.25) is 0 Å². The van der Waals surface area contributed by atoms with Gasteiger partial charge in [0.05, 0.1) is 6.54 Å². The molecule has 0 aromatic rings. The monoisotopic (exact) mass is 169 g/mol. The minimum Gasteiger partial charge on any atom is -0.298 e. The molecule has 0 aliphatic carbocycles. The lowest BCUT2D eigenvalue weighted by molar-refractivity contribution is -0.122. The topological polar surface area (TPSA) is 20.3 Å². The molecule has 0 radical (unpaired) electrons. The van der Waals surface area contributed by atoms with Gasteiger partial charge in [0.15, 0.2) is 0 Å². The molecule has 0 aromatic carbocycles. The Morgan fingerprint density at radius 3 is 2.92 bits per heavy atom. The van der Waals surface area contributed by atoms with Gasteiger partial charge in [-0.3, -0.25) is 9.69 Å². The molecular formula is C10H19NO. The third kappa shape index (κ3) is 3.35. The number of unbranched alkanes of at least 4 members (excludes halogenated alkanes) is 2. The molecule has 0 aromatic heterocycles. The maximum absolute atomic E-state index is 11.1. The highest BCUT2D eigenvalue weighted by Crippen LogP contribution is 2.07. The summed E-state index contributed by atoms with van der Waals surface area (Å²) in [5.41, 5.74) is 0. The van der Waals surface area contributed by atoms with Crippen LogP contribution in [0, 0.1) is 0 Å². The lowest BCUT2D eigenvalue weighted by atomic mass is 10.1. The predicted molar refractivity (Wildman–Crippen MR) is 50.2 cm³/mol. The van der Waals surface area contributed by atoms with Crippen molar-refractivity contribution in [1.82, 2.24) is 4.90 Å². The first kappa shape index (κ1) is 9.72. The minimum absolute atomic E-state index is 0.428. The number of Topliss-reactive ketones (excluding diaryl/α,β-unsaturated/α-hetero) is 1. The van der Waals surface area contributed by atoms with Crippen molar-refractivity contribution in [2.24, 2.45) is 0 Å². The van der Waals surface area contributed by atoms with E-state index in [-0.39, 0.29) is 0 Å². The Hall–Kier alpha value is -0.370. The van der Waals surface area contributed by atoms with Gasteiger partial charge in [-0.15, -0.1) is 0 Å². The lowest BCUT2D eigenvalue weighted by Gasteiger charge is -2.25. The first-order valence-corrected chi connectivity index (χ1v) is 5.07. The molecule has 1 aliphatic heterocycles. The Bertz CT molecular complexity index is 145. The van der Waals surface area contributed by atoms with Crippen molar-refractivity contribution in [3.8, 4) is 0 Å². The van der Waals surface area contributed by atoms with Gasteiger partial charge in [0.1, 0.15) is 5.78 Å². The fraction of sp³-hybridized carbons (Fsp3) is 0.900. The van der Waals surface area contributed by atoms with Crippen molar-refractivity contribution >= 4 is 5.78 Å². The van der Waals surface area contributed by atoms with Crippen LogP contribution in [0.5, 0.6) is 0 Å². The van der Waals surface area contributed by atoms with E-state index in [1.807, 2.05) is 0 Å². The second-order valence-electron chi connectivity index (χ2n) is 3.63. The second-order valence-corrected chi connectivity index (χ2v) is 3.63. The van der Waals surface area contributed by atoms with Crippen LogP contribution in [-0.4, -0.2) is 30.3 Å². The quantitative estimate of drug-likeness (QED) is 0.598. The highest BCUT2D eigenvalue weighted by atomic mass is 16.1. The molecule has 0 amide bonds. The van der Waals surface area contributed by atoms with E-state index in [2.05, 4.69) is 11.8 Å². The predicted octanol–water partition coefficient (Wildman–Crippen LogP) is 1.84. The molecule has 0 atom stereocenters. The normalized spacial score (nSPS) is 19.9. The summed E-state index contributed by atoms with van der Waals surface area (Å²) in [5, 5.41) is 0. The maximum atomic E-state index is 11.1. The number of nitrogens with zero attached hydrogens (tertiary/aromatic N) is 1. The number of hydrogen-bond donors (Lipinski definition) is 0. The van der Waals surface area contributed by atoms with Crippen molar-refractivity contribution in [3.05, 3.63) is 0 Å². The van der Waals surface area contributed by atoms with Crippen molar-refractivity contribution in [2.45, 2.75) is 39.0 Å².